The van der Waals surface area contributed by atoms with Crippen molar-refractivity contribution in [3.05, 3.63) is 41.7 Å². The van der Waals surface area contributed by atoms with E-state index in [1.54, 1.807) is 0 Å². The number of hydrogen-bond acceptors (Lipinski definition) is 6. The molecule has 1 amide bonds. The molecular weight excluding hydrogens is 350 g/mol. The predicted octanol–water partition coefficient (Wildman–Crippen LogP) is 2.54. The number of hydrogen-bond donors (Lipinski definition) is 1. The Morgan fingerprint density at radius 2 is 2.12 bits per heavy atom. The average Bonchev–Trinajstić information content (AvgIpc) is 3.26. The number of amides is 1. The van der Waals surface area contributed by atoms with Crippen LogP contribution < -0.4 is 5.32 Å². The number of tetrazole rings is 1. The lowest BCUT2D eigenvalue weighted by molar-refractivity contribution is -0.113. The maximum Gasteiger partial charge on any atom is 0.234 e. The zero-order valence-corrected chi connectivity index (χ0v) is 15.4. The summed E-state index contributed by atoms with van der Waals surface area (Å²) >= 11 is 1.35. The van der Waals surface area contributed by atoms with Gasteiger partial charge in [0.15, 0.2) is 0 Å². The first-order valence-electron chi connectivity index (χ1n) is 8.45. The van der Waals surface area contributed by atoms with Crippen LogP contribution in [0.3, 0.4) is 0 Å². The van der Waals surface area contributed by atoms with Gasteiger partial charge < -0.3 is 5.32 Å². The number of thioether (sulfide) groups is 1. The number of aromatic nitrogens is 6. The molecule has 1 saturated carbocycles. The zero-order chi connectivity index (χ0) is 18.1. The fourth-order valence-electron chi connectivity index (χ4n) is 2.78. The Morgan fingerprint density at radius 1 is 1.31 bits per heavy atom. The van der Waals surface area contributed by atoms with E-state index >= 15 is 0 Å². The Kier molecular flexibility index (Phi) is 4.46. The van der Waals surface area contributed by atoms with Gasteiger partial charge in [-0.2, -0.15) is 5.10 Å². The molecule has 1 fully saturated rings. The maximum absolute atomic E-state index is 12.4. The van der Waals surface area contributed by atoms with Crippen LogP contribution in [0.1, 0.15) is 30.3 Å². The number of benzene rings is 1. The SMILES string of the molecule is Cc1cc(C)n(-c2ccccc2NC(=O)CSc2nnnn2C2CC2)n1. The Hall–Kier alpha value is -2.68. The molecule has 0 saturated heterocycles. The maximum atomic E-state index is 12.4. The van der Waals surface area contributed by atoms with Crippen LogP contribution in [0.2, 0.25) is 0 Å². The van der Waals surface area contributed by atoms with Gasteiger partial charge in [0.25, 0.3) is 0 Å². The van der Waals surface area contributed by atoms with E-state index < -0.39 is 0 Å². The summed E-state index contributed by atoms with van der Waals surface area (Å²) in [6, 6.07) is 10.0. The summed E-state index contributed by atoms with van der Waals surface area (Å²) in [7, 11) is 0. The number of carbonyl (C=O) groups excluding carboxylic acids is 1. The molecule has 134 valence electrons. The molecule has 1 N–H and O–H groups in total. The van der Waals surface area contributed by atoms with Crippen LogP contribution in [-0.2, 0) is 4.79 Å². The van der Waals surface area contributed by atoms with Crippen LogP contribution in [-0.4, -0.2) is 41.6 Å². The molecule has 26 heavy (non-hydrogen) atoms. The van der Waals surface area contributed by atoms with Gasteiger partial charge in [-0.05, 0) is 55.3 Å². The molecule has 8 nitrogen and oxygen atoms in total. The van der Waals surface area contributed by atoms with Gasteiger partial charge in [0.2, 0.25) is 11.1 Å². The van der Waals surface area contributed by atoms with Crippen molar-refractivity contribution in [1.82, 2.24) is 30.0 Å². The Bertz CT molecular complexity index is 944. The molecule has 0 atom stereocenters. The van der Waals surface area contributed by atoms with Crippen molar-refractivity contribution < 1.29 is 4.79 Å². The van der Waals surface area contributed by atoms with Crippen LogP contribution in [0.4, 0.5) is 5.69 Å². The summed E-state index contributed by atoms with van der Waals surface area (Å²) in [6.07, 6.45) is 2.20. The van der Waals surface area contributed by atoms with E-state index in [9.17, 15) is 4.79 Å². The van der Waals surface area contributed by atoms with Crippen LogP contribution in [0.5, 0.6) is 0 Å². The number of nitrogens with one attached hydrogen (secondary N) is 1. The first kappa shape index (κ1) is 16.8. The largest absolute Gasteiger partial charge is 0.323 e. The van der Waals surface area contributed by atoms with Gasteiger partial charge in [0.1, 0.15) is 0 Å². The number of aryl methyl sites for hydroxylation is 2. The van der Waals surface area contributed by atoms with Crippen molar-refractivity contribution >= 4 is 23.4 Å². The van der Waals surface area contributed by atoms with Crippen LogP contribution in [0, 0.1) is 13.8 Å². The Balaban J connectivity index is 1.46. The quantitative estimate of drug-likeness (QED) is 0.672. The topological polar surface area (TPSA) is 90.5 Å². The first-order valence-corrected chi connectivity index (χ1v) is 9.43. The van der Waals surface area contributed by atoms with Crippen molar-refractivity contribution in [1.29, 1.82) is 0 Å². The fraction of sp³-hybridized carbons (Fsp3) is 0.353. The Morgan fingerprint density at radius 3 is 2.85 bits per heavy atom. The van der Waals surface area contributed by atoms with Gasteiger partial charge in [-0.3, -0.25) is 4.79 Å². The van der Waals surface area contributed by atoms with Crippen LogP contribution in [0.15, 0.2) is 35.5 Å². The van der Waals surface area contributed by atoms with E-state index in [2.05, 4.69) is 25.9 Å². The molecule has 1 aliphatic rings. The zero-order valence-electron chi connectivity index (χ0n) is 14.6. The van der Waals surface area contributed by atoms with Gasteiger partial charge in [-0.1, -0.05) is 23.9 Å². The summed E-state index contributed by atoms with van der Waals surface area (Å²) in [5.74, 6) is 0.146. The molecule has 3 aromatic rings. The number of nitrogens with zero attached hydrogens (tertiary/aromatic N) is 6. The molecule has 0 unspecified atom stereocenters. The van der Waals surface area contributed by atoms with Crippen molar-refractivity contribution in [3.63, 3.8) is 0 Å². The van der Waals surface area contributed by atoms with Gasteiger partial charge in [-0.25, -0.2) is 9.36 Å². The number of carbonyl (C=O) groups is 1. The minimum Gasteiger partial charge on any atom is -0.323 e. The second kappa shape index (κ2) is 6.91. The van der Waals surface area contributed by atoms with Gasteiger partial charge in [-0.15, -0.1) is 5.10 Å². The van der Waals surface area contributed by atoms with E-state index in [1.165, 1.54) is 11.8 Å². The highest BCUT2D eigenvalue weighted by Gasteiger charge is 2.28. The molecule has 4 rings (SSSR count). The van der Waals surface area contributed by atoms with Crippen LogP contribution >= 0.6 is 11.8 Å². The smallest absolute Gasteiger partial charge is 0.234 e. The lowest BCUT2D eigenvalue weighted by Gasteiger charge is -2.12. The third-order valence-corrected chi connectivity index (χ3v) is 5.04. The van der Waals surface area contributed by atoms with E-state index in [0.717, 1.165) is 35.6 Å². The third kappa shape index (κ3) is 3.48. The molecule has 0 aliphatic heterocycles. The van der Waals surface area contributed by atoms with E-state index in [0.29, 0.717) is 11.2 Å². The number of anilines is 1. The number of para-hydroxylation sites is 2. The molecule has 1 aromatic carbocycles. The third-order valence-electron chi connectivity index (χ3n) is 4.10. The van der Waals surface area contributed by atoms with E-state index in [-0.39, 0.29) is 11.7 Å². The van der Waals surface area contributed by atoms with Crippen molar-refractivity contribution in [2.75, 3.05) is 11.1 Å². The van der Waals surface area contributed by atoms with E-state index in [4.69, 9.17) is 0 Å². The van der Waals surface area contributed by atoms with E-state index in [1.807, 2.05) is 53.5 Å². The summed E-state index contributed by atoms with van der Waals surface area (Å²) in [5.41, 5.74) is 3.53. The molecule has 0 radical (unpaired) electrons. The highest BCUT2D eigenvalue weighted by Crippen LogP contribution is 2.36. The fourth-order valence-corrected chi connectivity index (χ4v) is 3.53. The molecule has 2 aromatic heterocycles. The summed E-state index contributed by atoms with van der Waals surface area (Å²) in [6.45, 7) is 3.94. The lowest BCUT2D eigenvalue weighted by atomic mass is 10.2. The first-order chi connectivity index (χ1) is 12.6. The second-order valence-electron chi connectivity index (χ2n) is 6.33. The van der Waals surface area contributed by atoms with Crippen molar-refractivity contribution in [2.24, 2.45) is 0 Å². The molecule has 0 bridgehead atoms. The molecular formula is C17H19N7OS. The minimum absolute atomic E-state index is 0.102. The summed E-state index contributed by atoms with van der Waals surface area (Å²) < 4.78 is 3.65. The predicted molar refractivity (Wildman–Crippen MR) is 98.5 cm³/mol. The number of rotatable bonds is 6. The molecule has 0 spiro atoms. The highest BCUT2D eigenvalue weighted by molar-refractivity contribution is 7.99. The van der Waals surface area contributed by atoms with Crippen molar-refractivity contribution in [3.8, 4) is 5.69 Å². The highest BCUT2D eigenvalue weighted by atomic mass is 32.2. The lowest BCUT2D eigenvalue weighted by Crippen LogP contribution is -2.16. The molecule has 1 aliphatic carbocycles. The average molecular weight is 369 g/mol. The Labute approximate surface area is 155 Å². The molecule has 9 heteroatoms. The molecule has 2 heterocycles. The van der Waals surface area contributed by atoms with Gasteiger partial charge in [0.05, 0.1) is 28.9 Å². The van der Waals surface area contributed by atoms with Gasteiger partial charge in [0, 0.05) is 5.69 Å². The van der Waals surface area contributed by atoms with Crippen LogP contribution in [0.25, 0.3) is 5.69 Å². The summed E-state index contributed by atoms with van der Waals surface area (Å²) in [5, 5.41) is 19.9. The summed E-state index contributed by atoms with van der Waals surface area (Å²) in [4.78, 5) is 12.4. The van der Waals surface area contributed by atoms with Gasteiger partial charge >= 0.3 is 0 Å². The second-order valence-corrected chi connectivity index (χ2v) is 7.27. The van der Waals surface area contributed by atoms with Crippen molar-refractivity contribution in [2.45, 2.75) is 37.9 Å². The minimum atomic E-state index is -0.102. The monoisotopic (exact) mass is 369 g/mol. The standard InChI is InChI=1S/C17H19N7OS/c1-11-9-12(2)23(20-11)15-6-4-3-5-14(15)18-16(25)10-26-17-19-21-22-24(17)13-7-8-13/h3-6,9,13H,7-8,10H2,1-2H3,(H,18,25). The normalized spacial score (nSPS) is 13.8.